The number of rotatable bonds is 4. The van der Waals surface area contributed by atoms with Crippen LogP contribution in [-0.4, -0.2) is 25.2 Å². The van der Waals surface area contributed by atoms with Crippen LogP contribution in [0.2, 0.25) is 0 Å². The Kier molecular flexibility index (Phi) is 4.18. The molecule has 0 aromatic heterocycles. The second-order valence-corrected chi connectivity index (χ2v) is 5.30. The largest absolute Gasteiger partial charge is 0.234 e. The monoisotopic (exact) mass is 246 g/mol. The van der Waals surface area contributed by atoms with Gasteiger partial charge in [-0.25, -0.2) is 19.6 Å². The van der Waals surface area contributed by atoms with Crippen LogP contribution in [0, 0.1) is 10.8 Å². The minimum absolute atomic E-state index is 0.258. The lowest BCUT2D eigenvalue weighted by Crippen LogP contribution is -2.31. The second-order valence-electron chi connectivity index (χ2n) is 5.30. The van der Waals surface area contributed by atoms with Gasteiger partial charge in [-0.3, -0.25) is 0 Å². The number of hydrogen-bond acceptors (Lipinski definition) is 4. The number of isocyanates is 2. The first-order valence-electron chi connectivity index (χ1n) is 5.85. The summed E-state index contributed by atoms with van der Waals surface area (Å²) in [6.45, 7) is 8.86. The van der Waals surface area contributed by atoms with Gasteiger partial charge in [-0.1, -0.05) is 37.1 Å². The first-order valence-corrected chi connectivity index (χ1v) is 5.85. The molecule has 0 fully saturated rings. The number of nitrogens with zero attached hydrogens (tertiary/aromatic N) is 2. The van der Waals surface area contributed by atoms with E-state index in [2.05, 4.69) is 22.1 Å². The summed E-state index contributed by atoms with van der Waals surface area (Å²) in [4.78, 5) is 27.9. The first-order chi connectivity index (χ1) is 8.38. The van der Waals surface area contributed by atoms with Gasteiger partial charge in [0.2, 0.25) is 12.2 Å². The van der Waals surface area contributed by atoms with Crippen molar-refractivity contribution in [2.45, 2.75) is 27.7 Å². The van der Waals surface area contributed by atoms with Gasteiger partial charge in [0, 0.05) is 10.8 Å². The third-order valence-electron chi connectivity index (χ3n) is 3.82. The Morgan fingerprint density at radius 1 is 0.944 bits per heavy atom. The summed E-state index contributed by atoms with van der Waals surface area (Å²) in [6, 6.07) is 0. The van der Waals surface area contributed by atoms with Gasteiger partial charge in [-0.05, 0) is 13.8 Å². The summed E-state index contributed by atoms with van der Waals surface area (Å²) in [7, 11) is 0. The molecular weight excluding hydrogens is 228 g/mol. The third-order valence-corrected chi connectivity index (χ3v) is 3.82. The molecule has 4 heteroatoms. The maximum absolute atomic E-state index is 10.3. The number of hydrogen-bond donors (Lipinski definition) is 0. The van der Waals surface area contributed by atoms with Crippen LogP contribution in [0.1, 0.15) is 27.7 Å². The average molecular weight is 246 g/mol. The van der Waals surface area contributed by atoms with Gasteiger partial charge in [0.05, 0.1) is 13.1 Å². The van der Waals surface area contributed by atoms with E-state index in [1.54, 1.807) is 12.2 Å². The fourth-order valence-electron chi connectivity index (χ4n) is 2.25. The normalized spacial score (nSPS) is 30.7. The zero-order valence-corrected chi connectivity index (χ0v) is 11.3. The smallest absolute Gasteiger partial charge is 0.211 e. The van der Waals surface area contributed by atoms with Gasteiger partial charge in [0.15, 0.2) is 0 Å². The fraction of sp³-hybridized carbons (Fsp3) is 0.571. The molecule has 96 valence electrons. The molecule has 0 saturated heterocycles. The van der Waals surface area contributed by atoms with Gasteiger partial charge in [0.25, 0.3) is 0 Å². The van der Waals surface area contributed by atoms with Crippen LogP contribution in [0.4, 0.5) is 0 Å². The molecule has 0 heterocycles. The van der Waals surface area contributed by atoms with Gasteiger partial charge in [0.1, 0.15) is 0 Å². The Balaban J connectivity index is 3.12. The topological polar surface area (TPSA) is 58.9 Å². The fourth-order valence-corrected chi connectivity index (χ4v) is 2.25. The van der Waals surface area contributed by atoms with Crippen molar-refractivity contribution >= 4 is 12.2 Å². The summed E-state index contributed by atoms with van der Waals surface area (Å²) >= 11 is 0. The molecule has 0 radical (unpaired) electrons. The highest BCUT2D eigenvalue weighted by atomic mass is 16.1. The molecule has 1 aliphatic carbocycles. The van der Waals surface area contributed by atoms with Crippen molar-refractivity contribution < 1.29 is 9.59 Å². The summed E-state index contributed by atoms with van der Waals surface area (Å²) in [5.41, 5.74) is 1.73. The van der Waals surface area contributed by atoms with Crippen LogP contribution in [-0.2, 0) is 9.59 Å². The molecule has 2 atom stereocenters. The highest BCUT2D eigenvalue weighted by Gasteiger charge is 2.35. The highest BCUT2D eigenvalue weighted by Crippen LogP contribution is 2.43. The van der Waals surface area contributed by atoms with Crippen LogP contribution in [0.3, 0.4) is 0 Å². The molecule has 0 amide bonds. The lowest BCUT2D eigenvalue weighted by Gasteiger charge is -2.38. The highest BCUT2D eigenvalue weighted by molar-refractivity contribution is 5.40. The molecule has 1 aliphatic rings. The van der Waals surface area contributed by atoms with Crippen LogP contribution >= 0.6 is 0 Å². The summed E-state index contributed by atoms with van der Waals surface area (Å²) in [5, 5.41) is 0. The van der Waals surface area contributed by atoms with Gasteiger partial charge in [-0.15, -0.1) is 0 Å². The molecule has 1 rings (SSSR count). The summed E-state index contributed by atoms with van der Waals surface area (Å²) in [5.74, 6) is 0. The standard InChI is InChI=1S/C14H18N2O2/c1-11-5-14(4,8-16-10-18)12(2)6-13(11,3)7-15-9-17/h5-6H,7-8H2,1-4H3. The maximum Gasteiger partial charge on any atom is 0.234 e. The van der Waals surface area contributed by atoms with Crippen LogP contribution in [0.25, 0.3) is 0 Å². The molecule has 4 nitrogen and oxygen atoms in total. The molecule has 0 aromatic carbocycles. The Labute approximate surface area is 107 Å². The lowest BCUT2D eigenvalue weighted by molar-refractivity contribution is 0.436. The third kappa shape index (κ3) is 2.73. The molecular formula is C14H18N2O2. The summed E-state index contributed by atoms with van der Waals surface area (Å²) < 4.78 is 0. The van der Waals surface area contributed by atoms with E-state index in [1.807, 2.05) is 27.7 Å². The molecule has 0 bridgehead atoms. The lowest BCUT2D eigenvalue weighted by atomic mass is 9.68. The Morgan fingerprint density at radius 3 is 1.56 bits per heavy atom. The Hall–Kier alpha value is -1.76. The molecule has 0 N–H and O–H groups in total. The van der Waals surface area contributed by atoms with E-state index in [0.29, 0.717) is 13.1 Å². The average Bonchev–Trinajstić information content (AvgIpc) is 2.32. The molecule has 0 saturated carbocycles. The van der Waals surface area contributed by atoms with Gasteiger partial charge in [-0.2, -0.15) is 0 Å². The molecule has 2 unspecified atom stereocenters. The zero-order chi connectivity index (χ0) is 13.8. The van der Waals surface area contributed by atoms with Crippen molar-refractivity contribution in [1.29, 1.82) is 0 Å². The number of aliphatic imine (C=N–C) groups is 2. The summed E-state index contributed by atoms with van der Waals surface area (Å²) in [6.07, 6.45) is 7.36. The van der Waals surface area contributed by atoms with E-state index in [4.69, 9.17) is 0 Å². The van der Waals surface area contributed by atoms with Crippen molar-refractivity contribution in [3.05, 3.63) is 23.3 Å². The zero-order valence-electron chi connectivity index (χ0n) is 11.3. The van der Waals surface area contributed by atoms with Crippen LogP contribution in [0.15, 0.2) is 33.3 Å². The molecule has 18 heavy (non-hydrogen) atoms. The Bertz CT molecular complexity index is 448. The predicted molar refractivity (Wildman–Crippen MR) is 69.7 cm³/mol. The van der Waals surface area contributed by atoms with Crippen molar-refractivity contribution in [3.8, 4) is 0 Å². The van der Waals surface area contributed by atoms with E-state index >= 15 is 0 Å². The number of carbonyl (C=O) groups excluding carboxylic acids is 2. The Morgan fingerprint density at radius 2 is 1.28 bits per heavy atom. The van der Waals surface area contributed by atoms with Gasteiger partial charge < -0.3 is 0 Å². The van der Waals surface area contributed by atoms with Crippen molar-refractivity contribution in [2.75, 3.05) is 13.1 Å². The van der Waals surface area contributed by atoms with E-state index in [9.17, 15) is 9.59 Å². The predicted octanol–water partition coefficient (Wildman–Crippen LogP) is 2.58. The van der Waals surface area contributed by atoms with E-state index in [-0.39, 0.29) is 10.8 Å². The van der Waals surface area contributed by atoms with E-state index < -0.39 is 0 Å². The van der Waals surface area contributed by atoms with Crippen molar-refractivity contribution in [1.82, 2.24) is 0 Å². The van der Waals surface area contributed by atoms with Crippen LogP contribution in [0.5, 0.6) is 0 Å². The SMILES string of the molecule is CC1=CC(C)(CN=C=O)C(C)=CC1(C)CN=C=O. The van der Waals surface area contributed by atoms with Crippen molar-refractivity contribution in [2.24, 2.45) is 20.8 Å². The second kappa shape index (κ2) is 5.26. The van der Waals surface area contributed by atoms with Gasteiger partial charge >= 0.3 is 0 Å². The van der Waals surface area contributed by atoms with E-state index in [0.717, 1.165) is 11.1 Å². The first kappa shape index (κ1) is 14.3. The van der Waals surface area contributed by atoms with Crippen molar-refractivity contribution in [3.63, 3.8) is 0 Å². The minimum atomic E-state index is -0.258. The van der Waals surface area contributed by atoms with Crippen LogP contribution < -0.4 is 0 Å². The van der Waals surface area contributed by atoms with E-state index in [1.165, 1.54) is 0 Å². The maximum atomic E-state index is 10.3. The quantitative estimate of drug-likeness (QED) is 0.435. The molecule has 0 aromatic rings. The molecule has 0 aliphatic heterocycles. The minimum Gasteiger partial charge on any atom is -0.211 e. The molecule has 0 spiro atoms.